The third kappa shape index (κ3) is 4.20. The van der Waals surface area contributed by atoms with Gasteiger partial charge in [0.2, 0.25) is 0 Å². The average Bonchev–Trinajstić information content (AvgIpc) is 2.35. The number of benzene rings is 2. The molecule has 2 aromatic rings. The molecule has 0 atom stereocenters. The molecule has 92 valence electrons. The molecule has 1 nitrogen and oxygen atoms in total. The van der Waals surface area contributed by atoms with Crippen LogP contribution in [-0.2, 0) is 6.42 Å². The van der Waals surface area contributed by atoms with E-state index in [0.717, 1.165) is 22.8 Å². The molecule has 0 saturated heterocycles. The molecule has 0 unspecified atom stereocenters. The van der Waals surface area contributed by atoms with Crippen molar-refractivity contribution in [2.45, 2.75) is 13.3 Å². The van der Waals surface area contributed by atoms with Gasteiger partial charge in [-0.2, -0.15) is 0 Å². The summed E-state index contributed by atoms with van der Waals surface area (Å²) >= 11 is 6.13. The van der Waals surface area contributed by atoms with Gasteiger partial charge in [0.15, 0.2) is 0 Å². The molecule has 0 radical (unpaired) electrons. The van der Waals surface area contributed by atoms with Crippen molar-refractivity contribution in [2.24, 2.45) is 0 Å². The zero-order chi connectivity index (χ0) is 12.1. The van der Waals surface area contributed by atoms with Crippen LogP contribution in [0.5, 0.6) is 5.75 Å². The van der Waals surface area contributed by atoms with Gasteiger partial charge in [0.1, 0.15) is 5.75 Å². The summed E-state index contributed by atoms with van der Waals surface area (Å²) in [6.45, 7) is 2.68. The van der Waals surface area contributed by atoms with Crippen LogP contribution in [0, 0.1) is 0 Å². The number of hydrogen-bond acceptors (Lipinski definition) is 1. The number of hydrogen-bond donors (Lipinski definition) is 0. The Morgan fingerprint density at radius 2 is 1.72 bits per heavy atom. The molecule has 0 N–H and O–H groups in total. The van der Waals surface area contributed by atoms with Gasteiger partial charge in [-0.15, -0.1) is 0 Å². The van der Waals surface area contributed by atoms with Crippen molar-refractivity contribution in [1.82, 2.24) is 0 Å². The van der Waals surface area contributed by atoms with Gasteiger partial charge in [0, 0.05) is 5.02 Å². The van der Waals surface area contributed by atoms with E-state index in [-0.39, 0.29) is 25.9 Å². The Balaban J connectivity index is 0. The van der Waals surface area contributed by atoms with Crippen molar-refractivity contribution < 1.29 is 7.59 Å². The average molecular weight is 273 g/mol. The van der Waals surface area contributed by atoms with Gasteiger partial charge in [-0.1, -0.05) is 41.9 Å². The fourth-order valence-electron chi connectivity index (χ4n) is 1.73. The van der Waals surface area contributed by atoms with Crippen LogP contribution in [-0.4, -0.2) is 29.7 Å². The van der Waals surface area contributed by atoms with Crippen LogP contribution in [0.25, 0.3) is 0 Å². The van der Waals surface area contributed by atoms with Crippen molar-refractivity contribution in [2.75, 3.05) is 6.61 Å². The molecular weight excluding hydrogens is 256 g/mol. The minimum Gasteiger partial charge on any atom is -1.00 e. The molecule has 0 spiro atoms. The summed E-state index contributed by atoms with van der Waals surface area (Å²) in [6.07, 6.45) is 0.853. The fourth-order valence-corrected chi connectivity index (χ4v) is 1.93. The number of ether oxygens (including phenoxy) is 1. The van der Waals surface area contributed by atoms with Crippen LogP contribution in [0.15, 0.2) is 48.5 Å². The van der Waals surface area contributed by atoms with Crippen molar-refractivity contribution >= 4 is 34.7 Å². The van der Waals surface area contributed by atoms with Crippen LogP contribution in [0.1, 0.15) is 20.9 Å². The summed E-state index contributed by atoms with van der Waals surface area (Å²) in [5.41, 5.74) is 2.39. The van der Waals surface area contributed by atoms with Gasteiger partial charge in [0.05, 0.1) is 6.61 Å². The first-order chi connectivity index (χ1) is 8.29. The molecule has 0 saturated carbocycles. The first-order valence-corrected chi connectivity index (χ1v) is 6.12. The van der Waals surface area contributed by atoms with E-state index >= 15 is 0 Å². The maximum absolute atomic E-state index is 6.13. The SMILES string of the molecule is CCOc1ccc(Cc2ccccc2Cl)cc1.[H-].[H-].[Mg+2]. The monoisotopic (exact) mass is 272 g/mol. The van der Waals surface area contributed by atoms with E-state index in [1.54, 1.807) is 0 Å². The Kier molecular flexibility index (Phi) is 6.54. The summed E-state index contributed by atoms with van der Waals surface area (Å²) in [5, 5.41) is 0.821. The van der Waals surface area contributed by atoms with Gasteiger partial charge in [-0.3, -0.25) is 0 Å². The van der Waals surface area contributed by atoms with Crippen molar-refractivity contribution in [3.8, 4) is 5.75 Å². The summed E-state index contributed by atoms with van der Waals surface area (Å²) in [7, 11) is 0. The van der Waals surface area contributed by atoms with E-state index < -0.39 is 0 Å². The smallest absolute Gasteiger partial charge is 1.00 e. The molecule has 18 heavy (non-hydrogen) atoms. The van der Waals surface area contributed by atoms with E-state index in [9.17, 15) is 0 Å². The normalized spacial score (nSPS) is 9.67. The van der Waals surface area contributed by atoms with Crippen molar-refractivity contribution in [3.63, 3.8) is 0 Å². The van der Waals surface area contributed by atoms with E-state index in [1.165, 1.54) is 5.56 Å². The molecule has 2 aromatic carbocycles. The molecule has 0 amide bonds. The fraction of sp³-hybridized carbons (Fsp3) is 0.200. The van der Waals surface area contributed by atoms with Crippen LogP contribution in [0.3, 0.4) is 0 Å². The zero-order valence-electron chi connectivity index (χ0n) is 12.5. The molecule has 0 aliphatic heterocycles. The second-order valence-electron chi connectivity index (χ2n) is 3.85. The van der Waals surface area contributed by atoms with Gasteiger partial charge >= 0.3 is 23.1 Å². The minimum absolute atomic E-state index is 0. The predicted octanol–water partition coefficient (Wildman–Crippen LogP) is 4.17. The van der Waals surface area contributed by atoms with Crippen LogP contribution in [0.4, 0.5) is 0 Å². The topological polar surface area (TPSA) is 9.23 Å². The second-order valence-corrected chi connectivity index (χ2v) is 4.25. The first kappa shape index (κ1) is 15.4. The Morgan fingerprint density at radius 3 is 2.33 bits per heavy atom. The summed E-state index contributed by atoms with van der Waals surface area (Å²) in [5.74, 6) is 0.912. The molecule has 0 bridgehead atoms. The number of rotatable bonds is 4. The molecule has 3 heteroatoms. The Bertz CT molecular complexity index is 491. The van der Waals surface area contributed by atoms with Gasteiger partial charge in [-0.25, -0.2) is 0 Å². The Labute approximate surface area is 132 Å². The van der Waals surface area contributed by atoms with Crippen LogP contribution >= 0.6 is 11.6 Å². The molecule has 0 heterocycles. The molecule has 0 aliphatic carbocycles. The summed E-state index contributed by atoms with van der Waals surface area (Å²) in [6, 6.07) is 16.1. The van der Waals surface area contributed by atoms with Gasteiger partial charge < -0.3 is 7.59 Å². The zero-order valence-corrected chi connectivity index (χ0v) is 12.7. The summed E-state index contributed by atoms with van der Waals surface area (Å²) in [4.78, 5) is 0. The van der Waals surface area contributed by atoms with E-state index in [0.29, 0.717) is 6.61 Å². The molecular formula is C15H17ClMgO. The van der Waals surface area contributed by atoms with Crippen molar-refractivity contribution in [1.29, 1.82) is 0 Å². The second kappa shape index (κ2) is 7.67. The van der Waals surface area contributed by atoms with E-state index in [4.69, 9.17) is 16.3 Å². The third-order valence-electron chi connectivity index (χ3n) is 2.59. The minimum atomic E-state index is 0. The Hall–Kier alpha value is -0.704. The maximum atomic E-state index is 6.13. The van der Waals surface area contributed by atoms with E-state index in [1.807, 2.05) is 37.3 Å². The molecule has 2 rings (SSSR count). The molecule has 0 fully saturated rings. The quantitative estimate of drug-likeness (QED) is 0.759. The maximum Gasteiger partial charge on any atom is 2.00 e. The first-order valence-electron chi connectivity index (χ1n) is 5.74. The van der Waals surface area contributed by atoms with Crippen LogP contribution < -0.4 is 4.74 Å². The predicted molar refractivity (Wildman–Crippen MR) is 79.8 cm³/mol. The summed E-state index contributed by atoms with van der Waals surface area (Å²) < 4.78 is 5.41. The van der Waals surface area contributed by atoms with Crippen LogP contribution in [0.2, 0.25) is 5.02 Å². The van der Waals surface area contributed by atoms with Gasteiger partial charge in [-0.05, 0) is 42.7 Å². The number of halogens is 1. The Morgan fingerprint density at radius 1 is 1.06 bits per heavy atom. The van der Waals surface area contributed by atoms with Gasteiger partial charge in [0.25, 0.3) is 0 Å². The van der Waals surface area contributed by atoms with E-state index in [2.05, 4.69) is 18.2 Å². The molecule has 0 aromatic heterocycles. The molecule has 0 aliphatic rings. The third-order valence-corrected chi connectivity index (χ3v) is 2.96. The standard InChI is InChI=1S/C15H15ClO.Mg.2H/c1-2-17-14-9-7-12(8-10-14)11-13-5-3-4-6-15(13)16;;;/h3-10H,2,11H2,1H3;;;/q;+2;2*-1. The van der Waals surface area contributed by atoms with Crippen molar-refractivity contribution in [3.05, 3.63) is 64.7 Å². The largest absolute Gasteiger partial charge is 2.00 e.